The number of aryl methyl sites for hydroxylation is 2. The zero-order valence-corrected chi connectivity index (χ0v) is 19.8. The van der Waals surface area contributed by atoms with Crippen LogP contribution in [-0.4, -0.2) is 39.0 Å². The molecule has 3 aromatic rings. The number of ether oxygens (including phenoxy) is 1. The summed E-state index contributed by atoms with van der Waals surface area (Å²) >= 11 is 0. The van der Waals surface area contributed by atoms with Gasteiger partial charge in [-0.25, -0.2) is 14.4 Å². The molecule has 0 fully saturated rings. The molecular formula is C27H30FN3O3. The van der Waals surface area contributed by atoms with Gasteiger partial charge in [-0.1, -0.05) is 30.7 Å². The lowest BCUT2D eigenvalue weighted by Crippen LogP contribution is -2.35. The quantitative estimate of drug-likeness (QED) is 0.510. The van der Waals surface area contributed by atoms with Crippen LogP contribution in [0.15, 0.2) is 42.6 Å². The number of fused-ring (bicyclic) bond motifs is 1. The number of aliphatic carboxylic acids is 1. The number of carbonyl (C=O) groups is 1. The summed E-state index contributed by atoms with van der Waals surface area (Å²) in [6.45, 7) is 8.59. The van der Waals surface area contributed by atoms with Crippen molar-refractivity contribution in [3.63, 3.8) is 0 Å². The Kier molecular flexibility index (Phi) is 7.22. The lowest BCUT2D eigenvalue weighted by Gasteiger charge is -2.29. The predicted octanol–water partition coefficient (Wildman–Crippen LogP) is 4.95. The van der Waals surface area contributed by atoms with Gasteiger partial charge >= 0.3 is 5.97 Å². The first-order chi connectivity index (χ1) is 16.3. The molecular weight excluding hydrogens is 433 g/mol. The van der Waals surface area contributed by atoms with Crippen LogP contribution >= 0.6 is 0 Å². The summed E-state index contributed by atoms with van der Waals surface area (Å²) in [4.78, 5) is 22.2. The van der Waals surface area contributed by atoms with Gasteiger partial charge in [-0.05, 0) is 43.0 Å². The van der Waals surface area contributed by atoms with E-state index in [1.54, 1.807) is 18.3 Å². The zero-order valence-electron chi connectivity index (χ0n) is 19.8. The third-order valence-corrected chi connectivity index (χ3v) is 6.18. The molecule has 6 nitrogen and oxygen atoms in total. The highest BCUT2D eigenvalue weighted by atomic mass is 19.1. The van der Waals surface area contributed by atoms with Gasteiger partial charge in [0.15, 0.2) is 5.82 Å². The zero-order chi connectivity index (χ0) is 24.2. The Morgan fingerprint density at radius 1 is 1.24 bits per heavy atom. The number of carboxylic acids is 1. The number of hydrogen-bond donors (Lipinski definition) is 1. The van der Waals surface area contributed by atoms with Gasteiger partial charge in [0.05, 0.1) is 11.3 Å². The number of hydrogen-bond acceptors (Lipinski definition) is 5. The smallest absolute Gasteiger partial charge is 0.303 e. The summed E-state index contributed by atoms with van der Waals surface area (Å²) in [6.07, 6.45) is 2.64. The van der Waals surface area contributed by atoms with Gasteiger partial charge in [0.25, 0.3) is 0 Å². The van der Waals surface area contributed by atoms with Gasteiger partial charge in [0, 0.05) is 50.3 Å². The minimum atomic E-state index is -0.776. The van der Waals surface area contributed by atoms with E-state index in [1.165, 1.54) is 11.6 Å². The van der Waals surface area contributed by atoms with Crippen LogP contribution in [0.25, 0.3) is 11.4 Å². The van der Waals surface area contributed by atoms with E-state index in [0.717, 1.165) is 35.3 Å². The average Bonchev–Trinajstić information content (AvgIpc) is 2.78. The first-order valence-corrected chi connectivity index (χ1v) is 11.6. The molecule has 0 bridgehead atoms. The molecule has 1 aliphatic heterocycles. The molecule has 1 unspecified atom stereocenters. The molecule has 1 aromatic heterocycles. The normalized spacial score (nSPS) is 14.5. The number of aromatic nitrogens is 2. The number of benzene rings is 2. The fourth-order valence-electron chi connectivity index (χ4n) is 4.40. The number of rotatable bonds is 8. The van der Waals surface area contributed by atoms with Crippen LogP contribution in [0.5, 0.6) is 5.75 Å². The Morgan fingerprint density at radius 3 is 2.79 bits per heavy atom. The van der Waals surface area contributed by atoms with Crippen LogP contribution in [0.2, 0.25) is 0 Å². The van der Waals surface area contributed by atoms with Crippen molar-refractivity contribution in [1.82, 2.24) is 14.9 Å². The van der Waals surface area contributed by atoms with Crippen molar-refractivity contribution in [2.24, 2.45) is 5.92 Å². The van der Waals surface area contributed by atoms with Crippen molar-refractivity contribution in [2.75, 3.05) is 13.1 Å². The minimum absolute atomic E-state index is 0.0731. The van der Waals surface area contributed by atoms with E-state index in [4.69, 9.17) is 9.84 Å². The van der Waals surface area contributed by atoms with E-state index < -0.39 is 11.8 Å². The summed E-state index contributed by atoms with van der Waals surface area (Å²) in [5.74, 6) is -0.293. The lowest BCUT2D eigenvalue weighted by atomic mass is 10.0. The molecule has 1 N–H and O–H groups in total. The summed E-state index contributed by atoms with van der Waals surface area (Å²) in [6, 6.07) is 11.0. The Labute approximate surface area is 199 Å². The van der Waals surface area contributed by atoms with Gasteiger partial charge < -0.3 is 9.84 Å². The van der Waals surface area contributed by atoms with Crippen molar-refractivity contribution >= 4 is 5.97 Å². The van der Waals surface area contributed by atoms with Gasteiger partial charge in [0.1, 0.15) is 18.2 Å². The molecule has 4 rings (SSSR count). The van der Waals surface area contributed by atoms with Crippen molar-refractivity contribution in [1.29, 1.82) is 0 Å². The summed E-state index contributed by atoms with van der Waals surface area (Å²) < 4.78 is 20.7. The van der Waals surface area contributed by atoms with E-state index in [-0.39, 0.29) is 12.3 Å². The van der Waals surface area contributed by atoms with Crippen molar-refractivity contribution < 1.29 is 19.0 Å². The molecule has 0 radical (unpaired) electrons. The Balaban J connectivity index is 1.42. The fraction of sp³-hybridized carbons (Fsp3) is 0.370. The van der Waals surface area contributed by atoms with Crippen LogP contribution in [0.3, 0.4) is 0 Å². The molecule has 0 saturated heterocycles. The SMILES string of the molecule is Cc1ccc(COc2ccc(-c3ncc4c(n3)CCN(CC(C)CC(=O)O)C4)c(F)c2)c(C)c1. The maximum atomic E-state index is 14.9. The van der Waals surface area contributed by atoms with Crippen LogP contribution < -0.4 is 4.74 Å². The topological polar surface area (TPSA) is 75.6 Å². The van der Waals surface area contributed by atoms with E-state index in [9.17, 15) is 9.18 Å². The Hall–Kier alpha value is -3.32. The van der Waals surface area contributed by atoms with Gasteiger partial charge in [-0.3, -0.25) is 9.69 Å². The standard InChI is InChI=1S/C27H30FN3O3/c1-17-4-5-20(19(3)10-17)16-34-22-6-7-23(24(28)12-22)27-29-13-21-15-31(9-8-25(21)30-27)14-18(2)11-26(32)33/h4-7,10,12-13,18H,8-9,11,14-16H2,1-3H3,(H,32,33). The molecule has 0 aliphatic carbocycles. The van der Waals surface area contributed by atoms with Crippen LogP contribution in [0, 0.1) is 25.6 Å². The molecule has 2 aromatic carbocycles. The molecule has 2 heterocycles. The molecule has 0 amide bonds. The van der Waals surface area contributed by atoms with E-state index in [2.05, 4.69) is 20.9 Å². The first-order valence-electron chi connectivity index (χ1n) is 11.6. The van der Waals surface area contributed by atoms with Crippen LogP contribution in [-0.2, 0) is 24.4 Å². The molecule has 0 saturated carbocycles. The third kappa shape index (κ3) is 5.78. The highest BCUT2D eigenvalue weighted by Crippen LogP contribution is 2.27. The summed E-state index contributed by atoms with van der Waals surface area (Å²) in [7, 11) is 0. The molecule has 178 valence electrons. The first kappa shape index (κ1) is 23.8. The van der Waals surface area contributed by atoms with Crippen LogP contribution in [0.4, 0.5) is 4.39 Å². The highest BCUT2D eigenvalue weighted by molar-refractivity contribution is 5.67. The number of carboxylic acid groups (broad SMARTS) is 1. The molecule has 34 heavy (non-hydrogen) atoms. The van der Waals surface area contributed by atoms with Gasteiger partial charge in [-0.15, -0.1) is 0 Å². The average molecular weight is 464 g/mol. The van der Waals surface area contributed by atoms with E-state index in [1.807, 2.05) is 32.9 Å². The lowest BCUT2D eigenvalue weighted by molar-refractivity contribution is -0.138. The van der Waals surface area contributed by atoms with Gasteiger partial charge in [0.2, 0.25) is 0 Å². The summed E-state index contributed by atoms with van der Waals surface area (Å²) in [5, 5.41) is 8.97. The van der Waals surface area contributed by atoms with Crippen molar-refractivity contribution in [3.05, 3.63) is 76.4 Å². The second-order valence-corrected chi connectivity index (χ2v) is 9.21. The fourth-order valence-corrected chi connectivity index (χ4v) is 4.40. The van der Waals surface area contributed by atoms with Crippen molar-refractivity contribution in [3.8, 4) is 17.1 Å². The summed E-state index contributed by atoms with van der Waals surface area (Å²) in [5.41, 5.74) is 5.68. The monoisotopic (exact) mass is 463 g/mol. The predicted molar refractivity (Wildman–Crippen MR) is 128 cm³/mol. The number of halogens is 1. The molecule has 1 atom stereocenters. The third-order valence-electron chi connectivity index (χ3n) is 6.18. The maximum Gasteiger partial charge on any atom is 0.303 e. The van der Waals surface area contributed by atoms with E-state index >= 15 is 0 Å². The Morgan fingerprint density at radius 2 is 2.06 bits per heavy atom. The molecule has 1 aliphatic rings. The van der Waals surface area contributed by atoms with E-state index in [0.29, 0.717) is 36.8 Å². The largest absolute Gasteiger partial charge is 0.489 e. The molecule has 0 spiro atoms. The van der Waals surface area contributed by atoms with Gasteiger partial charge in [-0.2, -0.15) is 0 Å². The second kappa shape index (κ2) is 10.3. The van der Waals surface area contributed by atoms with Crippen LogP contribution in [0.1, 0.15) is 41.3 Å². The second-order valence-electron chi connectivity index (χ2n) is 9.21. The minimum Gasteiger partial charge on any atom is -0.489 e. The molecule has 7 heteroatoms. The Bertz CT molecular complexity index is 1200. The maximum absolute atomic E-state index is 14.9. The number of nitrogens with zero attached hydrogens (tertiary/aromatic N) is 3. The highest BCUT2D eigenvalue weighted by Gasteiger charge is 2.22. The van der Waals surface area contributed by atoms with Crippen molar-refractivity contribution in [2.45, 2.75) is 46.8 Å².